The standard InChI is InChI=1S/C15H24N2O3S/c1-11(13-16-7-10-21-13)19-12-5-8-17(9-6-12)14(18)20-15(2,3)4/h7,10-12H,5-6,8-9H2,1-4H3/t11-/m0/s1. The maximum atomic E-state index is 12.0. The summed E-state index contributed by atoms with van der Waals surface area (Å²) in [5.74, 6) is 0. The number of ether oxygens (including phenoxy) is 2. The number of rotatable bonds is 3. The fraction of sp³-hybridized carbons (Fsp3) is 0.733. The van der Waals surface area contributed by atoms with Gasteiger partial charge in [0.15, 0.2) is 0 Å². The SMILES string of the molecule is C[C@H](OC1CCN(C(=O)OC(C)(C)C)CC1)c1nccs1. The number of carbonyl (C=O) groups is 1. The maximum Gasteiger partial charge on any atom is 0.410 e. The van der Waals surface area contributed by atoms with Crippen LogP contribution in [0.25, 0.3) is 0 Å². The molecule has 0 spiro atoms. The summed E-state index contributed by atoms with van der Waals surface area (Å²) in [7, 11) is 0. The van der Waals surface area contributed by atoms with Crippen LogP contribution in [-0.2, 0) is 9.47 Å². The zero-order valence-corrected chi connectivity index (χ0v) is 14.0. The predicted octanol–water partition coefficient (Wildman–Crippen LogP) is 3.62. The number of piperidine rings is 1. The molecule has 0 unspecified atom stereocenters. The van der Waals surface area contributed by atoms with Crippen LogP contribution in [0.1, 0.15) is 51.6 Å². The molecule has 1 aromatic rings. The van der Waals surface area contributed by atoms with Crippen molar-refractivity contribution in [2.75, 3.05) is 13.1 Å². The summed E-state index contributed by atoms with van der Waals surface area (Å²) in [6.45, 7) is 9.05. The number of aromatic nitrogens is 1. The largest absolute Gasteiger partial charge is 0.444 e. The number of carbonyl (C=O) groups excluding carboxylic acids is 1. The lowest BCUT2D eigenvalue weighted by Gasteiger charge is -2.34. The Balaban J connectivity index is 1.77. The van der Waals surface area contributed by atoms with Crippen LogP contribution in [-0.4, -0.2) is 40.8 Å². The van der Waals surface area contributed by atoms with Crippen molar-refractivity contribution in [3.05, 3.63) is 16.6 Å². The molecule has 2 rings (SSSR count). The van der Waals surface area contributed by atoms with E-state index < -0.39 is 5.60 Å². The summed E-state index contributed by atoms with van der Waals surface area (Å²) < 4.78 is 11.4. The van der Waals surface area contributed by atoms with Crippen LogP contribution in [0.5, 0.6) is 0 Å². The Morgan fingerprint density at radius 3 is 2.62 bits per heavy atom. The molecule has 0 aliphatic carbocycles. The van der Waals surface area contributed by atoms with E-state index in [1.807, 2.05) is 33.1 Å². The monoisotopic (exact) mass is 312 g/mol. The van der Waals surface area contributed by atoms with Gasteiger partial charge in [-0.15, -0.1) is 11.3 Å². The molecule has 21 heavy (non-hydrogen) atoms. The zero-order chi connectivity index (χ0) is 15.5. The molecule has 1 aromatic heterocycles. The molecule has 1 fully saturated rings. The molecule has 0 N–H and O–H groups in total. The second-order valence-corrected chi connectivity index (χ2v) is 7.24. The first-order chi connectivity index (χ1) is 9.85. The molecule has 1 aliphatic rings. The number of likely N-dealkylation sites (tertiary alicyclic amines) is 1. The summed E-state index contributed by atoms with van der Waals surface area (Å²) in [4.78, 5) is 18.0. The molecule has 1 amide bonds. The summed E-state index contributed by atoms with van der Waals surface area (Å²) in [6.07, 6.45) is 3.45. The van der Waals surface area contributed by atoms with Gasteiger partial charge in [-0.05, 0) is 40.5 Å². The van der Waals surface area contributed by atoms with Gasteiger partial charge in [0.1, 0.15) is 16.7 Å². The van der Waals surface area contributed by atoms with Gasteiger partial charge in [0, 0.05) is 24.7 Å². The topological polar surface area (TPSA) is 51.7 Å². The first kappa shape index (κ1) is 16.2. The minimum absolute atomic E-state index is 0.0167. The average molecular weight is 312 g/mol. The molecule has 118 valence electrons. The smallest absolute Gasteiger partial charge is 0.410 e. The van der Waals surface area contributed by atoms with Gasteiger partial charge in [-0.25, -0.2) is 9.78 Å². The molecule has 6 heteroatoms. The number of thiazole rings is 1. The van der Waals surface area contributed by atoms with Gasteiger partial charge in [-0.3, -0.25) is 0 Å². The fourth-order valence-electron chi connectivity index (χ4n) is 2.28. The Labute approximate surface area is 130 Å². The Kier molecular flexibility index (Phi) is 5.22. The minimum Gasteiger partial charge on any atom is -0.444 e. The van der Waals surface area contributed by atoms with Crippen LogP contribution >= 0.6 is 11.3 Å². The summed E-state index contributed by atoms with van der Waals surface area (Å²) in [6, 6.07) is 0. The van der Waals surface area contributed by atoms with Crippen molar-refractivity contribution in [1.29, 1.82) is 0 Å². The van der Waals surface area contributed by atoms with Crippen LogP contribution in [0.2, 0.25) is 0 Å². The van der Waals surface area contributed by atoms with E-state index in [4.69, 9.17) is 9.47 Å². The second-order valence-electron chi connectivity index (χ2n) is 6.32. The van der Waals surface area contributed by atoms with E-state index in [1.54, 1.807) is 22.4 Å². The summed E-state index contributed by atoms with van der Waals surface area (Å²) >= 11 is 1.61. The lowest BCUT2D eigenvalue weighted by atomic mass is 10.1. The second kappa shape index (κ2) is 6.75. The van der Waals surface area contributed by atoms with Crippen LogP contribution in [0.3, 0.4) is 0 Å². The van der Waals surface area contributed by atoms with Gasteiger partial charge in [0.2, 0.25) is 0 Å². The van der Waals surface area contributed by atoms with E-state index in [-0.39, 0.29) is 18.3 Å². The number of amides is 1. The normalized spacial score (nSPS) is 18.6. The highest BCUT2D eigenvalue weighted by atomic mass is 32.1. The van der Waals surface area contributed by atoms with Crippen LogP contribution < -0.4 is 0 Å². The predicted molar refractivity (Wildman–Crippen MR) is 82.4 cm³/mol. The van der Waals surface area contributed by atoms with Crippen LogP contribution in [0.15, 0.2) is 11.6 Å². The summed E-state index contributed by atoms with van der Waals surface area (Å²) in [5.41, 5.74) is -0.441. The molecule has 0 saturated carbocycles. The molecule has 0 radical (unpaired) electrons. The lowest BCUT2D eigenvalue weighted by molar-refractivity contribution is -0.0410. The van der Waals surface area contributed by atoms with Gasteiger partial charge >= 0.3 is 6.09 Å². The van der Waals surface area contributed by atoms with Crippen molar-refractivity contribution in [1.82, 2.24) is 9.88 Å². The number of hydrogen-bond donors (Lipinski definition) is 0. The van der Waals surface area contributed by atoms with Gasteiger partial charge in [0.25, 0.3) is 0 Å². The molecule has 1 saturated heterocycles. The quantitative estimate of drug-likeness (QED) is 0.855. The Bertz CT molecular complexity index is 448. The highest BCUT2D eigenvalue weighted by Gasteiger charge is 2.28. The van der Waals surface area contributed by atoms with E-state index >= 15 is 0 Å². The molecule has 5 nitrogen and oxygen atoms in total. The van der Waals surface area contributed by atoms with Crippen LogP contribution in [0.4, 0.5) is 4.79 Å². The van der Waals surface area contributed by atoms with E-state index in [2.05, 4.69) is 4.98 Å². The van der Waals surface area contributed by atoms with Crippen molar-refractivity contribution in [3.63, 3.8) is 0 Å². The molecular formula is C15H24N2O3S. The van der Waals surface area contributed by atoms with Gasteiger partial charge in [-0.1, -0.05) is 0 Å². The van der Waals surface area contributed by atoms with Crippen molar-refractivity contribution in [2.24, 2.45) is 0 Å². The van der Waals surface area contributed by atoms with E-state index in [1.165, 1.54) is 0 Å². The molecule has 2 heterocycles. The Morgan fingerprint density at radius 1 is 1.43 bits per heavy atom. The summed E-state index contributed by atoms with van der Waals surface area (Å²) in [5, 5.41) is 2.96. The van der Waals surface area contributed by atoms with Gasteiger partial charge in [0.05, 0.1) is 6.10 Å². The third-order valence-electron chi connectivity index (χ3n) is 3.29. The maximum absolute atomic E-state index is 12.0. The number of nitrogens with zero attached hydrogens (tertiary/aromatic N) is 2. The first-order valence-corrected chi connectivity index (χ1v) is 8.26. The van der Waals surface area contributed by atoms with Crippen molar-refractivity contribution < 1.29 is 14.3 Å². The van der Waals surface area contributed by atoms with Gasteiger partial charge < -0.3 is 14.4 Å². The molecule has 0 bridgehead atoms. The van der Waals surface area contributed by atoms with Gasteiger partial charge in [-0.2, -0.15) is 0 Å². The Morgan fingerprint density at radius 2 is 2.10 bits per heavy atom. The lowest BCUT2D eigenvalue weighted by Crippen LogP contribution is -2.43. The van der Waals surface area contributed by atoms with E-state index in [0.29, 0.717) is 13.1 Å². The fourth-order valence-corrected chi connectivity index (χ4v) is 2.91. The molecule has 1 atom stereocenters. The van der Waals surface area contributed by atoms with Crippen molar-refractivity contribution in [2.45, 2.75) is 58.3 Å². The zero-order valence-electron chi connectivity index (χ0n) is 13.2. The van der Waals surface area contributed by atoms with Crippen molar-refractivity contribution >= 4 is 17.4 Å². The molecule has 0 aromatic carbocycles. The third kappa shape index (κ3) is 4.97. The van der Waals surface area contributed by atoms with Crippen LogP contribution in [0, 0.1) is 0 Å². The number of hydrogen-bond acceptors (Lipinski definition) is 5. The van der Waals surface area contributed by atoms with E-state index in [0.717, 1.165) is 17.8 Å². The third-order valence-corrected chi connectivity index (χ3v) is 4.23. The van der Waals surface area contributed by atoms with E-state index in [9.17, 15) is 4.79 Å². The minimum atomic E-state index is -0.441. The Hall–Kier alpha value is -1.14. The highest BCUT2D eigenvalue weighted by molar-refractivity contribution is 7.09. The molecular weight excluding hydrogens is 288 g/mol. The molecule has 1 aliphatic heterocycles. The highest BCUT2D eigenvalue weighted by Crippen LogP contribution is 2.25. The van der Waals surface area contributed by atoms with Crippen molar-refractivity contribution in [3.8, 4) is 0 Å². The average Bonchev–Trinajstić information content (AvgIpc) is 2.91. The first-order valence-electron chi connectivity index (χ1n) is 7.38.